The lowest BCUT2D eigenvalue weighted by atomic mass is 10.2. The summed E-state index contributed by atoms with van der Waals surface area (Å²) < 4.78 is 0. The fraction of sp³-hybridized carbons (Fsp3) is 0.800. The molecule has 0 bridgehead atoms. The number of nitrogens with zero attached hydrogens (tertiary/aromatic N) is 1. The molecule has 1 atom stereocenters. The second-order valence-corrected chi connectivity index (χ2v) is 2.56. The molecule has 0 saturated heterocycles. The molecule has 0 rings (SSSR count). The minimum atomic E-state index is -0.146. The molecule has 0 spiro atoms. The zero-order valence-electron chi connectivity index (χ0n) is 5.05. The van der Waals surface area contributed by atoms with Crippen LogP contribution >= 0.6 is 12.2 Å². The topological polar surface area (TPSA) is 29.4 Å². The zero-order chi connectivity index (χ0) is 6.57. The minimum Gasteiger partial charge on any atom is -0.151 e. The number of thiocarbonyl (C=S) groups is 1. The average Bonchev–Trinajstić information content (AvgIpc) is 1.65. The Kier molecular flexibility index (Phi) is 3.52. The Bertz CT molecular complexity index is 103. The maximum atomic E-state index is 9.73. The van der Waals surface area contributed by atoms with Crippen LogP contribution in [0.2, 0.25) is 0 Å². The first-order valence-corrected chi connectivity index (χ1v) is 2.89. The first-order chi connectivity index (χ1) is 3.66. The highest BCUT2D eigenvalue weighted by Crippen LogP contribution is 1.96. The Balaban J connectivity index is 3.38. The highest BCUT2D eigenvalue weighted by Gasteiger charge is 1.99. The van der Waals surface area contributed by atoms with Gasteiger partial charge in [0.15, 0.2) is 0 Å². The van der Waals surface area contributed by atoms with Crippen LogP contribution in [-0.2, 0) is 0 Å². The molecule has 46 valence electrons. The second kappa shape index (κ2) is 3.66. The molecule has 8 heavy (non-hydrogen) atoms. The van der Waals surface area contributed by atoms with Gasteiger partial charge in [-0.05, 0) is 18.7 Å². The third-order valence-electron chi connectivity index (χ3n) is 0.763. The van der Waals surface area contributed by atoms with Crippen LogP contribution in [0, 0.1) is 4.91 Å². The highest BCUT2D eigenvalue weighted by molar-refractivity contribution is 7.80. The van der Waals surface area contributed by atoms with E-state index in [-0.39, 0.29) is 6.04 Å². The van der Waals surface area contributed by atoms with E-state index in [0.29, 0.717) is 6.42 Å². The summed E-state index contributed by atoms with van der Waals surface area (Å²) in [5.74, 6) is 0. The van der Waals surface area contributed by atoms with Crippen LogP contribution in [0.25, 0.3) is 0 Å². The molecule has 0 aromatic rings. The van der Waals surface area contributed by atoms with Gasteiger partial charge in [0, 0.05) is 6.42 Å². The maximum absolute atomic E-state index is 9.73. The molecule has 0 saturated carbocycles. The number of rotatable bonds is 3. The Labute approximate surface area is 54.3 Å². The van der Waals surface area contributed by atoms with Crippen molar-refractivity contribution in [3.8, 4) is 0 Å². The highest BCUT2D eigenvalue weighted by atomic mass is 32.1. The van der Waals surface area contributed by atoms with Crippen molar-refractivity contribution in [3.05, 3.63) is 4.91 Å². The van der Waals surface area contributed by atoms with E-state index >= 15 is 0 Å². The monoisotopic (exact) mass is 131 g/mol. The van der Waals surface area contributed by atoms with Gasteiger partial charge in [0.2, 0.25) is 0 Å². The molecule has 0 fully saturated rings. The van der Waals surface area contributed by atoms with Crippen LogP contribution in [0.3, 0.4) is 0 Å². The van der Waals surface area contributed by atoms with Gasteiger partial charge in [0.1, 0.15) is 0 Å². The molecule has 0 aliphatic rings. The summed E-state index contributed by atoms with van der Waals surface area (Å²) in [7, 11) is 0. The predicted molar refractivity (Wildman–Crippen MR) is 38.1 cm³/mol. The quantitative estimate of drug-likeness (QED) is 0.432. The minimum absolute atomic E-state index is 0.146. The summed E-state index contributed by atoms with van der Waals surface area (Å²) in [6.07, 6.45) is 0.638. The molecule has 1 unspecified atom stereocenters. The van der Waals surface area contributed by atoms with E-state index in [0.717, 1.165) is 4.86 Å². The molecule has 0 aliphatic carbocycles. The molecule has 0 aliphatic heterocycles. The van der Waals surface area contributed by atoms with Gasteiger partial charge in [0.05, 0.1) is 6.04 Å². The Morgan fingerprint density at radius 2 is 2.38 bits per heavy atom. The molecule has 0 aromatic carbocycles. The van der Waals surface area contributed by atoms with E-state index in [9.17, 15) is 4.91 Å². The molecule has 0 aromatic heterocycles. The van der Waals surface area contributed by atoms with E-state index in [4.69, 9.17) is 12.2 Å². The van der Waals surface area contributed by atoms with Crippen molar-refractivity contribution in [1.29, 1.82) is 0 Å². The Morgan fingerprint density at radius 3 is 2.50 bits per heavy atom. The normalized spacial score (nSPS) is 12.8. The van der Waals surface area contributed by atoms with Gasteiger partial charge in [-0.15, -0.1) is 0 Å². The predicted octanol–water partition coefficient (Wildman–Crippen LogP) is 1.92. The fourth-order valence-corrected chi connectivity index (χ4v) is 0.694. The van der Waals surface area contributed by atoms with Gasteiger partial charge in [-0.3, -0.25) is 0 Å². The smallest absolute Gasteiger partial charge is 0.0936 e. The van der Waals surface area contributed by atoms with E-state index in [1.54, 1.807) is 6.92 Å². The number of hydrogen-bond donors (Lipinski definition) is 0. The van der Waals surface area contributed by atoms with Crippen molar-refractivity contribution in [2.45, 2.75) is 26.3 Å². The standard InChI is InChI=1S/C5H9NOS/c1-4(6-7)3-5(2)8/h4H,3H2,1-2H3. The van der Waals surface area contributed by atoms with Gasteiger partial charge >= 0.3 is 0 Å². The molecule has 0 amide bonds. The van der Waals surface area contributed by atoms with Crippen LogP contribution in [0.1, 0.15) is 20.3 Å². The van der Waals surface area contributed by atoms with Crippen LogP contribution in [-0.4, -0.2) is 10.9 Å². The van der Waals surface area contributed by atoms with Crippen molar-refractivity contribution in [2.24, 2.45) is 5.18 Å². The van der Waals surface area contributed by atoms with Crippen LogP contribution < -0.4 is 0 Å². The van der Waals surface area contributed by atoms with Crippen molar-refractivity contribution in [2.75, 3.05) is 0 Å². The lowest BCUT2D eigenvalue weighted by molar-refractivity contribution is 0.777. The van der Waals surface area contributed by atoms with E-state index < -0.39 is 0 Å². The van der Waals surface area contributed by atoms with E-state index in [2.05, 4.69) is 5.18 Å². The summed E-state index contributed by atoms with van der Waals surface area (Å²) in [4.78, 5) is 10.6. The van der Waals surface area contributed by atoms with Gasteiger partial charge in [-0.2, -0.15) is 4.91 Å². The third-order valence-corrected chi connectivity index (χ3v) is 0.929. The molecule has 3 heteroatoms. The average molecular weight is 131 g/mol. The largest absolute Gasteiger partial charge is 0.151 e. The van der Waals surface area contributed by atoms with Gasteiger partial charge in [-0.25, -0.2) is 0 Å². The SMILES string of the molecule is CC(=S)CC(C)N=O. The first kappa shape index (κ1) is 7.69. The van der Waals surface area contributed by atoms with Crippen LogP contribution in [0.5, 0.6) is 0 Å². The summed E-state index contributed by atoms with van der Waals surface area (Å²) in [6.45, 7) is 3.57. The van der Waals surface area contributed by atoms with Crippen LogP contribution in [0.15, 0.2) is 5.18 Å². The molecular formula is C5H9NOS. The Morgan fingerprint density at radius 1 is 1.88 bits per heavy atom. The van der Waals surface area contributed by atoms with Crippen molar-refractivity contribution >= 4 is 17.1 Å². The molecule has 0 N–H and O–H groups in total. The summed E-state index contributed by atoms with van der Waals surface area (Å²) in [5.41, 5.74) is 0. The van der Waals surface area contributed by atoms with Crippen molar-refractivity contribution in [1.82, 2.24) is 0 Å². The van der Waals surface area contributed by atoms with Crippen LogP contribution in [0.4, 0.5) is 0 Å². The fourth-order valence-electron chi connectivity index (χ4n) is 0.453. The summed E-state index contributed by atoms with van der Waals surface area (Å²) in [6, 6.07) is -0.146. The molecule has 2 nitrogen and oxygen atoms in total. The third kappa shape index (κ3) is 3.87. The maximum Gasteiger partial charge on any atom is 0.0936 e. The molecule has 0 radical (unpaired) electrons. The van der Waals surface area contributed by atoms with Gasteiger partial charge in [0.25, 0.3) is 0 Å². The summed E-state index contributed by atoms with van der Waals surface area (Å²) >= 11 is 4.74. The van der Waals surface area contributed by atoms with Crippen molar-refractivity contribution in [3.63, 3.8) is 0 Å². The molecule has 0 heterocycles. The lowest BCUT2D eigenvalue weighted by Gasteiger charge is -1.96. The molecular weight excluding hydrogens is 122 g/mol. The van der Waals surface area contributed by atoms with Gasteiger partial charge in [-0.1, -0.05) is 17.4 Å². The first-order valence-electron chi connectivity index (χ1n) is 2.48. The van der Waals surface area contributed by atoms with Crippen molar-refractivity contribution < 1.29 is 0 Å². The second-order valence-electron chi connectivity index (χ2n) is 1.86. The lowest BCUT2D eigenvalue weighted by Crippen LogP contribution is -2.00. The number of hydrogen-bond acceptors (Lipinski definition) is 3. The zero-order valence-corrected chi connectivity index (χ0v) is 5.86. The van der Waals surface area contributed by atoms with E-state index in [1.807, 2.05) is 6.92 Å². The van der Waals surface area contributed by atoms with Gasteiger partial charge < -0.3 is 0 Å². The Hall–Kier alpha value is -0.310. The van der Waals surface area contributed by atoms with E-state index in [1.165, 1.54) is 0 Å². The summed E-state index contributed by atoms with van der Waals surface area (Å²) in [5, 5.41) is 2.79. The number of nitroso groups, excluding NO2 is 1.